The molecule has 3 nitrogen and oxygen atoms in total. The molecule has 1 aromatic heterocycles. The van der Waals surface area contributed by atoms with Crippen LogP contribution in [0.5, 0.6) is 5.75 Å². The van der Waals surface area contributed by atoms with Gasteiger partial charge in [-0.15, -0.1) is 0 Å². The molecule has 0 amide bonds. The van der Waals surface area contributed by atoms with E-state index in [-0.39, 0.29) is 5.82 Å². The van der Waals surface area contributed by atoms with E-state index in [9.17, 15) is 4.39 Å². The van der Waals surface area contributed by atoms with Crippen molar-refractivity contribution < 1.29 is 9.13 Å². The summed E-state index contributed by atoms with van der Waals surface area (Å²) in [5.41, 5.74) is 0.382. The Labute approximate surface area is 80.8 Å². The molecule has 0 spiro atoms. The van der Waals surface area contributed by atoms with E-state index in [1.807, 2.05) is 0 Å². The van der Waals surface area contributed by atoms with Crippen molar-refractivity contribution >= 4 is 0 Å². The highest BCUT2D eigenvalue weighted by molar-refractivity contribution is 5.47. The number of rotatable bonds is 2. The lowest BCUT2D eigenvalue weighted by molar-refractivity contribution is 0.409. The number of aromatic nitrogens is 2. The summed E-state index contributed by atoms with van der Waals surface area (Å²) in [4.78, 5) is 3.86. The molecule has 0 saturated carbocycles. The molecule has 0 atom stereocenters. The molecule has 2 rings (SSSR count). The molecule has 0 aliphatic rings. The summed E-state index contributed by atoms with van der Waals surface area (Å²) in [6.45, 7) is 0. The largest absolute Gasteiger partial charge is 0.494 e. The van der Waals surface area contributed by atoms with Crippen molar-refractivity contribution in [1.82, 2.24) is 9.55 Å². The van der Waals surface area contributed by atoms with Gasteiger partial charge in [0.05, 0.1) is 13.4 Å². The Kier molecular flexibility index (Phi) is 2.18. The van der Waals surface area contributed by atoms with Crippen LogP contribution in [0.15, 0.2) is 36.9 Å². The molecule has 1 aromatic carbocycles. The highest BCUT2D eigenvalue weighted by Gasteiger charge is 2.09. The van der Waals surface area contributed by atoms with Crippen molar-refractivity contribution in [3.8, 4) is 11.4 Å². The smallest absolute Gasteiger partial charge is 0.151 e. The van der Waals surface area contributed by atoms with Gasteiger partial charge in [-0.1, -0.05) is 6.07 Å². The van der Waals surface area contributed by atoms with Crippen molar-refractivity contribution in [2.24, 2.45) is 0 Å². The molecule has 0 saturated heterocycles. The van der Waals surface area contributed by atoms with Gasteiger partial charge in [0.25, 0.3) is 0 Å². The van der Waals surface area contributed by atoms with E-state index in [1.54, 1.807) is 29.1 Å². The molecular formula is C10H9FN2O. The zero-order valence-electron chi connectivity index (χ0n) is 7.64. The van der Waals surface area contributed by atoms with E-state index in [1.165, 1.54) is 19.5 Å². The third-order valence-electron chi connectivity index (χ3n) is 1.93. The minimum Gasteiger partial charge on any atom is -0.494 e. The molecule has 2 aromatic rings. The molecule has 0 N–H and O–H groups in total. The normalized spacial score (nSPS) is 10.1. The topological polar surface area (TPSA) is 27.1 Å². The molecule has 0 unspecified atom stereocenters. The Morgan fingerprint density at radius 2 is 2.29 bits per heavy atom. The van der Waals surface area contributed by atoms with Crippen LogP contribution in [0.3, 0.4) is 0 Å². The minimum absolute atomic E-state index is 0.331. The maximum Gasteiger partial charge on any atom is 0.151 e. The van der Waals surface area contributed by atoms with Gasteiger partial charge < -0.3 is 9.30 Å². The predicted molar refractivity (Wildman–Crippen MR) is 50.1 cm³/mol. The first-order valence-corrected chi connectivity index (χ1v) is 4.14. The van der Waals surface area contributed by atoms with Gasteiger partial charge in [0.15, 0.2) is 5.82 Å². The summed E-state index contributed by atoms with van der Waals surface area (Å²) in [5.74, 6) is 0.158. The van der Waals surface area contributed by atoms with Gasteiger partial charge in [0, 0.05) is 12.4 Å². The van der Waals surface area contributed by atoms with Crippen molar-refractivity contribution in [3.05, 3.63) is 42.7 Å². The number of methoxy groups -OCH3 is 1. The summed E-state index contributed by atoms with van der Waals surface area (Å²) in [7, 11) is 1.51. The number of nitrogens with zero attached hydrogens (tertiary/aromatic N) is 2. The second-order valence-corrected chi connectivity index (χ2v) is 2.76. The Bertz CT molecular complexity index is 426. The lowest BCUT2D eigenvalue weighted by Crippen LogP contribution is -1.98. The fourth-order valence-corrected chi connectivity index (χ4v) is 1.30. The molecule has 0 bridgehead atoms. The van der Waals surface area contributed by atoms with Gasteiger partial charge in [0.2, 0.25) is 0 Å². The SMILES string of the molecule is COc1cccc(F)c1-n1ccnc1. The lowest BCUT2D eigenvalue weighted by atomic mass is 10.3. The van der Waals surface area contributed by atoms with Gasteiger partial charge in [-0.2, -0.15) is 0 Å². The quantitative estimate of drug-likeness (QED) is 0.727. The maximum atomic E-state index is 13.5. The molecular weight excluding hydrogens is 183 g/mol. The van der Waals surface area contributed by atoms with Crippen LogP contribution >= 0.6 is 0 Å². The molecule has 0 aliphatic heterocycles. The molecule has 72 valence electrons. The summed E-state index contributed by atoms with van der Waals surface area (Å²) in [5, 5.41) is 0. The van der Waals surface area contributed by atoms with Crippen LogP contribution in [0.1, 0.15) is 0 Å². The number of para-hydroxylation sites is 1. The Morgan fingerprint density at radius 3 is 2.93 bits per heavy atom. The van der Waals surface area contributed by atoms with Crippen LogP contribution < -0.4 is 4.74 Å². The lowest BCUT2D eigenvalue weighted by Gasteiger charge is -2.09. The Hall–Kier alpha value is -1.84. The maximum absolute atomic E-state index is 13.5. The fraction of sp³-hybridized carbons (Fsp3) is 0.100. The van der Waals surface area contributed by atoms with Crippen molar-refractivity contribution in [3.63, 3.8) is 0 Å². The van der Waals surface area contributed by atoms with Crippen LogP contribution in [0.4, 0.5) is 4.39 Å². The highest BCUT2D eigenvalue weighted by Crippen LogP contribution is 2.24. The summed E-state index contributed by atoms with van der Waals surface area (Å²) in [6, 6.07) is 4.70. The number of hydrogen-bond acceptors (Lipinski definition) is 2. The summed E-state index contributed by atoms with van der Waals surface area (Å²) >= 11 is 0. The molecule has 0 fully saturated rings. The van der Waals surface area contributed by atoms with Crippen LogP contribution in [-0.4, -0.2) is 16.7 Å². The molecule has 0 radical (unpaired) electrons. The average Bonchev–Trinajstić information content (AvgIpc) is 2.70. The summed E-state index contributed by atoms with van der Waals surface area (Å²) in [6.07, 6.45) is 4.79. The standard InChI is InChI=1S/C10H9FN2O/c1-14-9-4-2-3-8(11)10(9)13-6-5-12-7-13/h2-7H,1H3. The van der Waals surface area contributed by atoms with Gasteiger partial charge >= 0.3 is 0 Å². The van der Waals surface area contributed by atoms with Crippen molar-refractivity contribution in [2.45, 2.75) is 0 Å². The minimum atomic E-state index is -0.331. The van der Waals surface area contributed by atoms with E-state index >= 15 is 0 Å². The number of hydrogen-bond donors (Lipinski definition) is 0. The molecule has 1 heterocycles. The highest BCUT2D eigenvalue weighted by atomic mass is 19.1. The van der Waals surface area contributed by atoms with Crippen molar-refractivity contribution in [2.75, 3.05) is 7.11 Å². The number of ether oxygens (including phenoxy) is 1. The second-order valence-electron chi connectivity index (χ2n) is 2.76. The Balaban J connectivity index is 2.61. The second kappa shape index (κ2) is 3.49. The van der Waals surface area contributed by atoms with Crippen LogP contribution in [-0.2, 0) is 0 Å². The van der Waals surface area contributed by atoms with Gasteiger partial charge in [-0.05, 0) is 12.1 Å². The summed E-state index contributed by atoms with van der Waals surface area (Å²) < 4.78 is 20.1. The first-order valence-electron chi connectivity index (χ1n) is 4.14. The van der Waals surface area contributed by atoms with Crippen LogP contribution in [0, 0.1) is 5.82 Å². The predicted octanol–water partition coefficient (Wildman–Crippen LogP) is 2.02. The zero-order chi connectivity index (χ0) is 9.97. The molecule has 4 heteroatoms. The zero-order valence-corrected chi connectivity index (χ0v) is 7.64. The van der Waals surface area contributed by atoms with E-state index in [2.05, 4.69) is 4.98 Å². The third kappa shape index (κ3) is 1.35. The van der Waals surface area contributed by atoms with Gasteiger partial charge in [-0.3, -0.25) is 0 Å². The van der Waals surface area contributed by atoms with E-state index in [4.69, 9.17) is 4.74 Å². The Morgan fingerprint density at radius 1 is 1.43 bits per heavy atom. The first kappa shape index (κ1) is 8.74. The monoisotopic (exact) mass is 192 g/mol. The van der Waals surface area contributed by atoms with Crippen LogP contribution in [0.25, 0.3) is 5.69 Å². The van der Waals surface area contributed by atoms with E-state index in [0.29, 0.717) is 11.4 Å². The fourth-order valence-electron chi connectivity index (χ4n) is 1.30. The van der Waals surface area contributed by atoms with E-state index in [0.717, 1.165) is 0 Å². The number of benzene rings is 1. The first-order chi connectivity index (χ1) is 6.83. The number of imidazole rings is 1. The third-order valence-corrected chi connectivity index (χ3v) is 1.93. The van der Waals surface area contributed by atoms with Crippen molar-refractivity contribution in [1.29, 1.82) is 0 Å². The van der Waals surface area contributed by atoms with E-state index < -0.39 is 0 Å². The molecule has 0 aliphatic carbocycles. The van der Waals surface area contributed by atoms with Gasteiger partial charge in [-0.25, -0.2) is 9.37 Å². The van der Waals surface area contributed by atoms with Gasteiger partial charge in [0.1, 0.15) is 11.4 Å². The molecule has 14 heavy (non-hydrogen) atoms. The average molecular weight is 192 g/mol. The number of halogens is 1. The van der Waals surface area contributed by atoms with Crippen LogP contribution in [0.2, 0.25) is 0 Å².